The van der Waals surface area contributed by atoms with Crippen LogP contribution in [0.5, 0.6) is 0 Å². The van der Waals surface area contributed by atoms with Gasteiger partial charge in [0.2, 0.25) is 5.91 Å². The molecule has 2 unspecified atom stereocenters. The van der Waals surface area contributed by atoms with Gasteiger partial charge in [-0.1, -0.05) is 205 Å². The maximum atomic E-state index is 12.4. The van der Waals surface area contributed by atoms with Gasteiger partial charge in [-0.25, -0.2) is 0 Å². The van der Waals surface area contributed by atoms with Crippen LogP contribution in [-0.2, 0) is 14.3 Å². The van der Waals surface area contributed by atoms with Crippen molar-refractivity contribution < 1.29 is 24.5 Å². The van der Waals surface area contributed by atoms with Crippen molar-refractivity contribution in [1.82, 2.24) is 5.32 Å². The Labute approximate surface area is 341 Å². The fraction of sp³-hybridized carbons (Fsp3) is 0.878. The normalized spacial score (nSPS) is 12.9. The van der Waals surface area contributed by atoms with E-state index in [-0.39, 0.29) is 18.5 Å². The number of aliphatic hydroxyl groups excluding tert-OH is 2. The molecule has 0 aliphatic carbocycles. The van der Waals surface area contributed by atoms with E-state index >= 15 is 0 Å². The van der Waals surface area contributed by atoms with E-state index in [4.69, 9.17) is 4.74 Å². The summed E-state index contributed by atoms with van der Waals surface area (Å²) in [6.07, 6.45) is 51.6. The zero-order chi connectivity index (χ0) is 40.1. The van der Waals surface area contributed by atoms with Crippen LogP contribution in [0.3, 0.4) is 0 Å². The fourth-order valence-electron chi connectivity index (χ4n) is 7.21. The van der Waals surface area contributed by atoms with Gasteiger partial charge in [0.05, 0.1) is 25.4 Å². The second kappa shape index (κ2) is 45.0. The van der Waals surface area contributed by atoms with Crippen molar-refractivity contribution in [2.75, 3.05) is 13.2 Å². The molecule has 0 aliphatic heterocycles. The molecule has 0 aromatic rings. The van der Waals surface area contributed by atoms with E-state index in [0.29, 0.717) is 19.4 Å². The molecule has 0 rings (SSSR count). The van der Waals surface area contributed by atoms with Crippen molar-refractivity contribution in [3.05, 3.63) is 24.3 Å². The third kappa shape index (κ3) is 41.8. The SMILES string of the molecule is CCCCC/C=C\CCCCCCCC(=O)OCCCCCCCCCCCCC(=O)NC(CO)C(O)/C=C/CCCCCCCCCCCCCCCC. The van der Waals surface area contributed by atoms with Crippen molar-refractivity contribution in [3.63, 3.8) is 0 Å². The second-order valence-corrected chi connectivity index (χ2v) is 16.4. The predicted molar refractivity (Wildman–Crippen MR) is 236 cm³/mol. The van der Waals surface area contributed by atoms with E-state index in [1.165, 1.54) is 167 Å². The Hall–Kier alpha value is -1.66. The van der Waals surface area contributed by atoms with Crippen LogP contribution < -0.4 is 5.32 Å². The van der Waals surface area contributed by atoms with E-state index < -0.39 is 12.1 Å². The highest BCUT2D eigenvalue weighted by molar-refractivity contribution is 5.76. The lowest BCUT2D eigenvalue weighted by atomic mass is 10.0. The molecular weight excluding hydrogens is 683 g/mol. The Morgan fingerprint density at radius 3 is 1.33 bits per heavy atom. The molecule has 324 valence electrons. The summed E-state index contributed by atoms with van der Waals surface area (Å²) in [5.41, 5.74) is 0. The number of hydrogen-bond donors (Lipinski definition) is 3. The van der Waals surface area contributed by atoms with Gasteiger partial charge >= 0.3 is 5.97 Å². The van der Waals surface area contributed by atoms with Crippen LogP contribution in [0, 0.1) is 0 Å². The van der Waals surface area contributed by atoms with Crippen LogP contribution in [0.25, 0.3) is 0 Å². The minimum Gasteiger partial charge on any atom is -0.466 e. The summed E-state index contributed by atoms with van der Waals surface area (Å²) in [7, 11) is 0. The summed E-state index contributed by atoms with van der Waals surface area (Å²) in [5.74, 6) is -0.122. The Bertz CT molecular complexity index is 858. The van der Waals surface area contributed by atoms with Crippen LogP contribution in [0.1, 0.15) is 251 Å². The molecule has 0 fully saturated rings. The summed E-state index contributed by atoms with van der Waals surface area (Å²) >= 11 is 0. The molecule has 6 nitrogen and oxygen atoms in total. The van der Waals surface area contributed by atoms with Gasteiger partial charge in [0.25, 0.3) is 0 Å². The predicted octanol–water partition coefficient (Wildman–Crippen LogP) is 14.0. The minimum absolute atomic E-state index is 0.0313. The van der Waals surface area contributed by atoms with Gasteiger partial charge in [-0.15, -0.1) is 0 Å². The molecule has 0 aromatic carbocycles. The first-order valence-electron chi connectivity index (χ1n) is 24.1. The number of esters is 1. The zero-order valence-corrected chi connectivity index (χ0v) is 36.7. The van der Waals surface area contributed by atoms with Gasteiger partial charge in [-0.05, 0) is 57.8 Å². The van der Waals surface area contributed by atoms with Crippen LogP contribution >= 0.6 is 0 Å². The number of carbonyl (C=O) groups excluding carboxylic acids is 2. The number of rotatable bonds is 44. The number of amides is 1. The number of ether oxygens (including phenoxy) is 1. The summed E-state index contributed by atoms with van der Waals surface area (Å²) in [5, 5.41) is 23.0. The lowest BCUT2D eigenvalue weighted by Crippen LogP contribution is -2.45. The summed E-state index contributed by atoms with van der Waals surface area (Å²) < 4.78 is 5.43. The number of aliphatic hydroxyl groups is 2. The van der Waals surface area contributed by atoms with Gasteiger partial charge in [-0.2, -0.15) is 0 Å². The largest absolute Gasteiger partial charge is 0.466 e. The molecule has 0 saturated heterocycles. The van der Waals surface area contributed by atoms with Crippen molar-refractivity contribution in [3.8, 4) is 0 Å². The Balaban J connectivity index is 3.54. The second-order valence-electron chi connectivity index (χ2n) is 16.4. The highest BCUT2D eigenvalue weighted by Crippen LogP contribution is 2.15. The number of unbranched alkanes of at least 4 members (excludes halogenated alkanes) is 31. The zero-order valence-electron chi connectivity index (χ0n) is 36.7. The highest BCUT2D eigenvalue weighted by atomic mass is 16.5. The Morgan fingerprint density at radius 1 is 0.491 bits per heavy atom. The summed E-state index contributed by atoms with van der Waals surface area (Å²) in [6.45, 7) is 4.82. The van der Waals surface area contributed by atoms with Crippen LogP contribution in [0.15, 0.2) is 24.3 Å². The number of nitrogens with one attached hydrogen (secondary N) is 1. The molecule has 0 radical (unpaired) electrons. The van der Waals surface area contributed by atoms with E-state index in [1.807, 2.05) is 6.08 Å². The van der Waals surface area contributed by atoms with E-state index in [9.17, 15) is 19.8 Å². The lowest BCUT2D eigenvalue weighted by Gasteiger charge is -2.20. The quantitative estimate of drug-likeness (QED) is 0.0325. The van der Waals surface area contributed by atoms with Crippen molar-refractivity contribution in [2.45, 2.75) is 264 Å². The molecule has 0 aromatic heterocycles. The first-order chi connectivity index (χ1) is 27.0. The molecule has 55 heavy (non-hydrogen) atoms. The molecule has 2 atom stereocenters. The third-order valence-electron chi connectivity index (χ3n) is 11.0. The van der Waals surface area contributed by atoms with E-state index in [2.05, 4.69) is 31.3 Å². The average Bonchev–Trinajstić information content (AvgIpc) is 3.18. The molecule has 0 bridgehead atoms. The molecule has 0 saturated carbocycles. The number of carbonyl (C=O) groups is 2. The van der Waals surface area contributed by atoms with Gasteiger partial charge in [0, 0.05) is 12.8 Å². The fourth-order valence-corrected chi connectivity index (χ4v) is 7.21. The third-order valence-corrected chi connectivity index (χ3v) is 11.0. The van der Waals surface area contributed by atoms with E-state index in [0.717, 1.165) is 57.8 Å². The summed E-state index contributed by atoms with van der Waals surface area (Å²) in [6, 6.07) is -0.644. The molecule has 3 N–H and O–H groups in total. The van der Waals surface area contributed by atoms with Crippen molar-refractivity contribution >= 4 is 11.9 Å². The molecule has 1 amide bonds. The summed E-state index contributed by atoms with van der Waals surface area (Å²) in [4.78, 5) is 24.4. The molecule has 0 aliphatic rings. The maximum Gasteiger partial charge on any atom is 0.305 e. The molecule has 6 heteroatoms. The van der Waals surface area contributed by atoms with E-state index in [1.54, 1.807) is 6.08 Å². The van der Waals surface area contributed by atoms with Gasteiger partial charge < -0.3 is 20.3 Å². The van der Waals surface area contributed by atoms with Gasteiger partial charge in [0.15, 0.2) is 0 Å². The van der Waals surface area contributed by atoms with Gasteiger partial charge in [0.1, 0.15) is 0 Å². The Kier molecular flexibility index (Phi) is 43.7. The number of hydrogen-bond acceptors (Lipinski definition) is 5. The van der Waals surface area contributed by atoms with Crippen LogP contribution in [0.2, 0.25) is 0 Å². The molecule has 0 spiro atoms. The maximum absolute atomic E-state index is 12.4. The standard InChI is InChI=1S/C49H93NO5/c1-3-5-7-9-11-13-15-17-18-19-20-21-25-29-33-37-41-47(52)46(45-51)50-48(53)42-38-34-30-26-23-24-28-32-36-40-44-55-49(54)43-39-35-31-27-22-16-14-12-10-8-6-4-2/h12,14,37,41,46-47,51-52H,3-11,13,15-36,38-40,42-45H2,1-2H3,(H,50,53)/b14-12-,41-37+. The molecule has 0 heterocycles. The number of allylic oxidation sites excluding steroid dienone is 3. The van der Waals surface area contributed by atoms with Gasteiger partial charge in [-0.3, -0.25) is 9.59 Å². The highest BCUT2D eigenvalue weighted by Gasteiger charge is 2.18. The average molecular weight is 776 g/mol. The monoisotopic (exact) mass is 776 g/mol. The lowest BCUT2D eigenvalue weighted by molar-refractivity contribution is -0.143. The van der Waals surface area contributed by atoms with Crippen LogP contribution in [-0.4, -0.2) is 47.4 Å². The topological polar surface area (TPSA) is 95.9 Å². The van der Waals surface area contributed by atoms with Crippen molar-refractivity contribution in [2.24, 2.45) is 0 Å². The van der Waals surface area contributed by atoms with Crippen molar-refractivity contribution in [1.29, 1.82) is 0 Å². The smallest absolute Gasteiger partial charge is 0.305 e. The van der Waals surface area contributed by atoms with Crippen LogP contribution in [0.4, 0.5) is 0 Å². The minimum atomic E-state index is -0.858. The molecular formula is C49H93NO5. The first-order valence-corrected chi connectivity index (χ1v) is 24.1. The Morgan fingerprint density at radius 2 is 0.855 bits per heavy atom. The first kappa shape index (κ1) is 53.3.